The molecule has 1 aliphatic rings. The molecule has 6 heteroatoms. The topological polar surface area (TPSA) is 59.7 Å². The summed E-state index contributed by atoms with van der Waals surface area (Å²) in [5.74, 6) is 0.955. The third-order valence-electron chi connectivity index (χ3n) is 3.97. The number of nitrogens with zero attached hydrogens (tertiary/aromatic N) is 6. The predicted octanol–water partition coefficient (Wildman–Crippen LogP) is 1.89. The van der Waals surface area contributed by atoms with Crippen molar-refractivity contribution in [3.05, 3.63) is 43.1 Å². The number of hydrogen-bond acceptors (Lipinski definition) is 5. The second kappa shape index (κ2) is 5.12. The van der Waals surface area contributed by atoms with Gasteiger partial charge in [0.05, 0.1) is 29.8 Å². The Bertz CT molecular complexity index is 739. The van der Waals surface area contributed by atoms with Crippen LogP contribution < -0.4 is 4.90 Å². The molecule has 0 radical (unpaired) electrons. The standard InChI is InChI=1S/C15H16N6/c1-2-6-14-13(5-1)17-8-15(19-14)21-7-3-4-12(21)9-20-11-16-10-18-20/h1-2,5-6,8,10-12H,3-4,7,9H2. The maximum atomic E-state index is 4.75. The van der Waals surface area contributed by atoms with Gasteiger partial charge in [0.2, 0.25) is 0 Å². The Hall–Kier alpha value is -2.50. The molecule has 1 fully saturated rings. The highest BCUT2D eigenvalue weighted by Gasteiger charge is 2.26. The highest BCUT2D eigenvalue weighted by Crippen LogP contribution is 2.25. The van der Waals surface area contributed by atoms with Crippen molar-refractivity contribution in [2.45, 2.75) is 25.4 Å². The lowest BCUT2D eigenvalue weighted by molar-refractivity contribution is 0.506. The van der Waals surface area contributed by atoms with E-state index in [4.69, 9.17) is 4.98 Å². The molecule has 3 heterocycles. The van der Waals surface area contributed by atoms with Crippen molar-refractivity contribution in [3.63, 3.8) is 0 Å². The first-order valence-corrected chi connectivity index (χ1v) is 7.21. The number of para-hydroxylation sites is 2. The quantitative estimate of drug-likeness (QED) is 0.733. The highest BCUT2D eigenvalue weighted by atomic mass is 15.3. The van der Waals surface area contributed by atoms with Gasteiger partial charge in [-0.3, -0.25) is 9.67 Å². The van der Waals surface area contributed by atoms with Gasteiger partial charge in [-0.15, -0.1) is 0 Å². The third-order valence-corrected chi connectivity index (χ3v) is 3.97. The molecular weight excluding hydrogens is 264 g/mol. The minimum atomic E-state index is 0.405. The van der Waals surface area contributed by atoms with Gasteiger partial charge in [-0.05, 0) is 25.0 Å². The van der Waals surface area contributed by atoms with E-state index < -0.39 is 0 Å². The first-order valence-electron chi connectivity index (χ1n) is 7.21. The summed E-state index contributed by atoms with van der Waals surface area (Å²) in [5, 5.41) is 4.20. The van der Waals surface area contributed by atoms with Crippen molar-refractivity contribution in [1.82, 2.24) is 24.7 Å². The van der Waals surface area contributed by atoms with Gasteiger partial charge in [-0.25, -0.2) is 9.97 Å². The van der Waals surface area contributed by atoms with Crippen molar-refractivity contribution in [2.24, 2.45) is 0 Å². The van der Waals surface area contributed by atoms with Crippen LogP contribution in [0, 0.1) is 0 Å². The van der Waals surface area contributed by atoms with Crippen LogP contribution in [0.2, 0.25) is 0 Å². The highest BCUT2D eigenvalue weighted by molar-refractivity contribution is 5.75. The largest absolute Gasteiger partial charge is 0.350 e. The van der Waals surface area contributed by atoms with E-state index in [1.807, 2.05) is 35.1 Å². The maximum Gasteiger partial charge on any atom is 0.148 e. The molecule has 1 saturated heterocycles. The van der Waals surface area contributed by atoms with Crippen LogP contribution in [0.3, 0.4) is 0 Å². The van der Waals surface area contributed by atoms with Gasteiger partial charge in [0.1, 0.15) is 18.5 Å². The van der Waals surface area contributed by atoms with Gasteiger partial charge in [0.25, 0.3) is 0 Å². The van der Waals surface area contributed by atoms with Crippen molar-refractivity contribution in [1.29, 1.82) is 0 Å². The Morgan fingerprint density at radius 2 is 2.10 bits per heavy atom. The van der Waals surface area contributed by atoms with Gasteiger partial charge in [-0.1, -0.05) is 12.1 Å². The molecule has 1 aromatic carbocycles. The number of rotatable bonds is 3. The Morgan fingerprint density at radius 3 is 2.95 bits per heavy atom. The fourth-order valence-electron chi connectivity index (χ4n) is 2.96. The average molecular weight is 280 g/mol. The lowest BCUT2D eigenvalue weighted by Crippen LogP contribution is -2.33. The van der Waals surface area contributed by atoms with Crippen molar-refractivity contribution >= 4 is 16.9 Å². The monoisotopic (exact) mass is 280 g/mol. The van der Waals surface area contributed by atoms with E-state index in [0.717, 1.165) is 36.4 Å². The van der Waals surface area contributed by atoms with E-state index in [1.165, 1.54) is 6.42 Å². The lowest BCUT2D eigenvalue weighted by Gasteiger charge is -2.25. The summed E-state index contributed by atoms with van der Waals surface area (Å²) in [6, 6.07) is 8.39. The second-order valence-electron chi connectivity index (χ2n) is 5.32. The van der Waals surface area contributed by atoms with Crippen LogP contribution in [0.1, 0.15) is 12.8 Å². The predicted molar refractivity (Wildman–Crippen MR) is 79.9 cm³/mol. The molecule has 0 aliphatic carbocycles. The molecule has 106 valence electrons. The fraction of sp³-hybridized carbons (Fsp3) is 0.333. The summed E-state index contributed by atoms with van der Waals surface area (Å²) in [7, 11) is 0. The zero-order valence-corrected chi connectivity index (χ0v) is 11.6. The molecule has 0 N–H and O–H groups in total. The second-order valence-corrected chi connectivity index (χ2v) is 5.32. The molecule has 1 atom stereocenters. The summed E-state index contributed by atoms with van der Waals surface area (Å²) in [5.41, 5.74) is 1.88. The van der Waals surface area contributed by atoms with E-state index in [9.17, 15) is 0 Å². The van der Waals surface area contributed by atoms with Crippen molar-refractivity contribution in [2.75, 3.05) is 11.4 Å². The van der Waals surface area contributed by atoms with Crippen molar-refractivity contribution < 1.29 is 0 Å². The maximum absolute atomic E-state index is 4.75. The van der Waals surface area contributed by atoms with E-state index in [0.29, 0.717) is 6.04 Å². The molecule has 2 aromatic heterocycles. The SMILES string of the molecule is c1ccc2nc(N3CCCC3Cn3cncn3)cnc2c1. The molecule has 0 bridgehead atoms. The average Bonchev–Trinajstić information content (AvgIpc) is 3.19. The lowest BCUT2D eigenvalue weighted by atomic mass is 10.2. The Kier molecular flexibility index (Phi) is 2.99. The summed E-state index contributed by atoms with van der Waals surface area (Å²) in [6.45, 7) is 1.86. The fourth-order valence-corrected chi connectivity index (χ4v) is 2.96. The number of benzene rings is 1. The molecule has 1 aliphatic heterocycles. The van der Waals surface area contributed by atoms with Crippen LogP contribution in [0.25, 0.3) is 11.0 Å². The normalized spacial score (nSPS) is 18.5. The molecule has 0 saturated carbocycles. The first kappa shape index (κ1) is 12.3. The van der Waals surface area contributed by atoms with Gasteiger partial charge in [0.15, 0.2) is 0 Å². The molecule has 0 spiro atoms. The van der Waals surface area contributed by atoms with Crippen LogP contribution >= 0.6 is 0 Å². The summed E-state index contributed by atoms with van der Waals surface area (Å²) in [4.78, 5) is 15.6. The zero-order chi connectivity index (χ0) is 14.1. The van der Waals surface area contributed by atoms with Crippen LogP contribution in [0.5, 0.6) is 0 Å². The van der Waals surface area contributed by atoms with Crippen molar-refractivity contribution in [3.8, 4) is 0 Å². The van der Waals surface area contributed by atoms with Crippen LogP contribution in [0.15, 0.2) is 43.1 Å². The minimum absolute atomic E-state index is 0.405. The number of aromatic nitrogens is 5. The number of fused-ring (bicyclic) bond motifs is 1. The number of anilines is 1. The van der Waals surface area contributed by atoms with E-state index >= 15 is 0 Å². The van der Waals surface area contributed by atoms with Gasteiger partial charge in [0, 0.05) is 6.54 Å². The first-order chi connectivity index (χ1) is 10.4. The molecule has 6 nitrogen and oxygen atoms in total. The van der Waals surface area contributed by atoms with Crippen LogP contribution in [-0.2, 0) is 6.54 Å². The molecule has 0 amide bonds. The Labute approximate surface area is 122 Å². The summed E-state index contributed by atoms with van der Waals surface area (Å²) < 4.78 is 1.89. The molecule has 21 heavy (non-hydrogen) atoms. The Morgan fingerprint density at radius 1 is 1.19 bits per heavy atom. The van der Waals surface area contributed by atoms with Gasteiger partial charge >= 0.3 is 0 Å². The summed E-state index contributed by atoms with van der Waals surface area (Å²) in [6.07, 6.45) is 7.54. The van der Waals surface area contributed by atoms with Gasteiger partial charge in [-0.2, -0.15) is 5.10 Å². The smallest absolute Gasteiger partial charge is 0.148 e. The van der Waals surface area contributed by atoms with Crippen LogP contribution in [-0.4, -0.2) is 37.3 Å². The summed E-state index contributed by atoms with van der Waals surface area (Å²) >= 11 is 0. The zero-order valence-electron chi connectivity index (χ0n) is 11.6. The molecule has 1 unspecified atom stereocenters. The molecular formula is C15H16N6. The van der Waals surface area contributed by atoms with Crippen LogP contribution in [0.4, 0.5) is 5.82 Å². The van der Waals surface area contributed by atoms with Gasteiger partial charge < -0.3 is 4.90 Å². The number of hydrogen-bond donors (Lipinski definition) is 0. The van der Waals surface area contributed by atoms with E-state index in [1.54, 1.807) is 12.7 Å². The molecule has 3 aromatic rings. The Balaban J connectivity index is 1.63. The van der Waals surface area contributed by atoms with E-state index in [-0.39, 0.29) is 0 Å². The van der Waals surface area contributed by atoms with E-state index in [2.05, 4.69) is 20.0 Å². The third kappa shape index (κ3) is 2.33. The minimum Gasteiger partial charge on any atom is -0.350 e. The molecule has 4 rings (SSSR count).